The Bertz CT molecular complexity index is 664. The summed E-state index contributed by atoms with van der Waals surface area (Å²) >= 11 is 1.38. The molecule has 2 unspecified atom stereocenters. The maximum absolute atomic E-state index is 12.4. The Balaban J connectivity index is 1.89. The number of fused-ring (bicyclic) bond motifs is 1. The van der Waals surface area contributed by atoms with E-state index in [4.69, 9.17) is 5.73 Å². The first-order valence-corrected chi connectivity index (χ1v) is 7.84. The lowest BCUT2D eigenvalue weighted by atomic mass is 10.1. The average Bonchev–Trinajstić information content (AvgIpc) is 2.94. The Kier molecular flexibility index (Phi) is 3.38. The highest BCUT2D eigenvalue weighted by Crippen LogP contribution is 2.33. The Morgan fingerprint density at radius 1 is 1.45 bits per heavy atom. The first-order valence-electron chi connectivity index (χ1n) is 7.02. The molecule has 1 aliphatic carbocycles. The summed E-state index contributed by atoms with van der Waals surface area (Å²) < 4.78 is 0. The van der Waals surface area contributed by atoms with Crippen molar-refractivity contribution in [1.82, 2.24) is 10.3 Å². The molecule has 3 N–H and O–H groups in total. The minimum atomic E-state index is -0.0538. The second-order valence-corrected chi connectivity index (χ2v) is 6.64. The van der Waals surface area contributed by atoms with Gasteiger partial charge in [-0.25, -0.2) is 4.98 Å². The van der Waals surface area contributed by atoms with E-state index in [2.05, 4.69) is 17.2 Å². The molecule has 3 rings (SSSR count). The van der Waals surface area contributed by atoms with E-state index in [9.17, 15) is 4.79 Å². The number of aryl methyl sites for hydroxylation is 1. The summed E-state index contributed by atoms with van der Waals surface area (Å²) in [5, 5.41) is 4.00. The van der Waals surface area contributed by atoms with Crippen LogP contribution in [0, 0.1) is 12.8 Å². The van der Waals surface area contributed by atoms with E-state index < -0.39 is 0 Å². The number of thiophene rings is 1. The molecule has 1 aliphatic rings. The Morgan fingerprint density at radius 3 is 2.95 bits per heavy atom. The number of nitrogens with zero attached hydrogens (tertiary/aromatic N) is 1. The highest BCUT2D eigenvalue weighted by Gasteiger charge is 2.26. The topological polar surface area (TPSA) is 68.0 Å². The molecule has 106 valence electrons. The number of carbonyl (C=O) groups excluding carboxylic acids is 1. The van der Waals surface area contributed by atoms with E-state index in [1.54, 1.807) is 0 Å². The molecule has 0 bridgehead atoms. The molecule has 2 aromatic heterocycles. The summed E-state index contributed by atoms with van der Waals surface area (Å²) in [6, 6.07) is 4.15. The zero-order valence-corrected chi connectivity index (χ0v) is 12.6. The van der Waals surface area contributed by atoms with Gasteiger partial charge in [-0.2, -0.15) is 0 Å². The smallest absolute Gasteiger partial charge is 0.263 e. The van der Waals surface area contributed by atoms with Crippen LogP contribution in [0.2, 0.25) is 0 Å². The quantitative estimate of drug-likeness (QED) is 0.892. The van der Waals surface area contributed by atoms with Crippen molar-refractivity contribution in [2.45, 2.75) is 39.2 Å². The van der Waals surface area contributed by atoms with Crippen LogP contribution in [0.15, 0.2) is 12.1 Å². The molecule has 0 radical (unpaired) electrons. The van der Waals surface area contributed by atoms with Crippen LogP contribution in [-0.2, 0) is 0 Å². The van der Waals surface area contributed by atoms with Crippen LogP contribution >= 0.6 is 11.3 Å². The first-order chi connectivity index (χ1) is 9.56. The molecular formula is C15H19N3OS. The number of nitrogens with two attached hydrogens (primary N) is 1. The van der Waals surface area contributed by atoms with Crippen molar-refractivity contribution >= 4 is 33.1 Å². The number of nitrogen functional groups attached to an aromatic ring is 1. The third-order valence-electron chi connectivity index (χ3n) is 4.12. The molecular weight excluding hydrogens is 270 g/mol. The number of hydrogen-bond acceptors (Lipinski definition) is 4. The fourth-order valence-electron chi connectivity index (χ4n) is 2.85. The van der Waals surface area contributed by atoms with Gasteiger partial charge in [-0.05, 0) is 37.8 Å². The lowest BCUT2D eigenvalue weighted by Crippen LogP contribution is -2.36. The monoisotopic (exact) mass is 289 g/mol. The second-order valence-electron chi connectivity index (χ2n) is 5.64. The second kappa shape index (κ2) is 5.05. The summed E-state index contributed by atoms with van der Waals surface area (Å²) in [5.41, 5.74) is 7.60. The van der Waals surface area contributed by atoms with E-state index in [0.29, 0.717) is 16.5 Å². The Hall–Kier alpha value is -1.62. The third kappa shape index (κ3) is 2.26. The average molecular weight is 289 g/mol. The van der Waals surface area contributed by atoms with E-state index in [0.717, 1.165) is 22.3 Å². The van der Waals surface area contributed by atoms with E-state index in [1.165, 1.54) is 24.2 Å². The molecule has 0 spiro atoms. The SMILES string of the molecule is Cc1ccc2c(N)c(C(=O)NC3CCCC3C)sc2n1. The minimum Gasteiger partial charge on any atom is -0.397 e. The van der Waals surface area contributed by atoms with Crippen molar-refractivity contribution in [1.29, 1.82) is 0 Å². The fourth-order valence-corrected chi connectivity index (χ4v) is 3.89. The molecule has 1 amide bonds. The lowest BCUT2D eigenvalue weighted by Gasteiger charge is -2.16. The van der Waals surface area contributed by atoms with Crippen LogP contribution in [0.25, 0.3) is 10.2 Å². The van der Waals surface area contributed by atoms with Gasteiger partial charge in [0, 0.05) is 17.1 Å². The molecule has 20 heavy (non-hydrogen) atoms. The molecule has 5 heteroatoms. The predicted octanol–water partition coefficient (Wildman–Crippen LogP) is 3.11. The predicted molar refractivity (Wildman–Crippen MR) is 83.0 cm³/mol. The zero-order chi connectivity index (χ0) is 14.3. The lowest BCUT2D eigenvalue weighted by molar-refractivity contribution is 0.0934. The highest BCUT2D eigenvalue weighted by molar-refractivity contribution is 7.21. The normalized spacial score (nSPS) is 22.3. The minimum absolute atomic E-state index is 0.0538. The number of nitrogens with one attached hydrogen (secondary N) is 1. The van der Waals surface area contributed by atoms with Gasteiger partial charge >= 0.3 is 0 Å². The van der Waals surface area contributed by atoms with Gasteiger partial charge in [0.2, 0.25) is 0 Å². The van der Waals surface area contributed by atoms with E-state index >= 15 is 0 Å². The molecule has 2 aromatic rings. The van der Waals surface area contributed by atoms with E-state index in [1.807, 2.05) is 19.1 Å². The Morgan fingerprint density at radius 2 is 2.25 bits per heavy atom. The molecule has 0 aliphatic heterocycles. The van der Waals surface area contributed by atoms with Crippen LogP contribution in [0.5, 0.6) is 0 Å². The molecule has 1 saturated carbocycles. The number of aromatic nitrogens is 1. The van der Waals surface area contributed by atoms with E-state index in [-0.39, 0.29) is 11.9 Å². The Labute approximate surface area is 122 Å². The van der Waals surface area contributed by atoms with Crippen LogP contribution in [0.3, 0.4) is 0 Å². The number of pyridine rings is 1. The third-order valence-corrected chi connectivity index (χ3v) is 5.23. The number of amides is 1. The van der Waals surface area contributed by atoms with Crippen LogP contribution in [-0.4, -0.2) is 16.9 Å². The molecule has 1 fully saturated rings. The van der Waals surface area contributed by atoms with Crippen LogP contribution in [0.4, 0.5) is 5.69 Å². The fraction of sp³-hybridized carbons (Fsp3) is 0.467. The summed E-state index contributed by atoms with van der Waals surface area (Å²) in [5.74, 6) is 0.497. The van der Waals surface area contributed by atoms with Crippen LogP contribution in [0.1, 0.15) is 41.6 Å². The maximum Gasteiger partial charge on any atom is 0.263 e. The summed E-state index contributed by atoms with van der Waals surface area (Å²) in [7, 11) is 0. The first kappa shape index (κ1) is 13.4. The number of rotatable bonds is 2. The van der Waals surface area contributed by atoms with Crippen molar-refractivity contribution in [3.05, 3.63) is 22.7 Å². The summed E-state index contributed by atoms with van der Waals surface area (Å²) in [6.45, 7) is 4.13. The highest BCUT2D eigenvalue weighted by atomic mass is 32.1. The number of hydrogen-bond donors (Lipinski definition) is 2. The number of carbonyl (C=O) groups is 1. The van der Waals surface area contributed by atoms with Crippen molar-refractivity contribution in [2.24, 2.45) is 5.92 Å². The molecule has 2 heterocycles. The van der Waals surface area contributed by atoms with Gasteiger partial charge in [0.25, 0.3) is 5.91 Å². The van der Waals surface area contributed by atoms with Crippen molar-refractivity contribution in [2.75, 3.05) is 5.73 Å². The van der Waals surface area contributed by atoms with Gasteiger partial charge < -0.3 is 11.1 Å². The van der Waals surface area contributed by atoms with Gasteiger partial charge in [0.05, 0.1) is 5.69 Å². The molecule has 0 aromatic carbocycles. The van der Waals surface area contributed by atoms with Gasteiger partial charge in [0.15, 0.2) is 0 Å². The largest absolute Gasteiger partial charge is 0.397 e. The van der Waals surface area contributed by atoms with Gasteiger partial charge in [-0.15, -0.1) is 11.3 Å². The zero-order valence-electron chi connectivity index (χ0n) is 11.8. The summed E-state index contributed by atoms with van der Waals surface area (Å²) in [6.07, 6.45) is 3.44. The maximum atomic E-state index is 12.4. The molecule has 2 atom stereocenters. The van der Waals surface area contributed by atoms with Gasteiger partial charge in [-0.3, -0.25) is 4.79 Å². The van der Waals surface area contributed by atoms with Gasteiger partial charge in [-0.1, -0.05) is 13.3 Å². The molecule has 4 nitrogen and oxygen atoms in total. The number of anilines is 1. The van der Waals surface area contributed by atoms with Gasteiger partial charge in [0.1, 0.15) is 9.71 Å². The molecule has 0 saturated heterocycles. The van der Waals surface area contributed by atoms with Crippen LogP contribution < -0.4 is 11.1 Å². The summed E-state index contributed by atoms with van der Waals surface area (Å²) in [4.78, 5) is 18.3. The standard InChI is InChI=1S/C15H19N3OS/c1-8-4-3-5-11(8)18-14(19)13-12(16)10-7-6-9(2)17-15(10)20-13/h6-8,11H,3-5,16H2,1-2H3,(H,18,19). The van der Waals surface area contributed by atoms with Crippen molar-refractivity contribution in [3.8, 4) is 0 Å². The van der Waals surface area contributed by atoms with Crippen molar-refractivity contribution in [3.63, 3.8) is 0 Å². The van der Waals surface area contributed by atoms with Crippen molar-refractivity contribution < 1.29 is 4.79 Å².